The van der Waals surface area contributed by atoms with Crippen LogP contribution in [0.4, 0.5) is 0 Å². The monoisotopic (exact) mass is 635 g/mol. The molecule has 1 aliphatic carbocycles. The summed E-state index contributed by atoms with van der Waals surface area (Å²) in [6, 6.07) is 7.87. The number of likely N-dealkylation sites (N-methyl/N-ethyl adjacent to an activating group) is 1. The zero-order valence-corrected chi connectivity index (χ0v) is 27.2. The molecule has 1 aromatic carbocycles. The summed E-state index contributed by atoms with van der Waals surface area (Å²) >= 11 is 0. The van der Waals surface area contributed by atoms with Crippen LogP contribution in [0.1, 0.15) is 76.4 Å². The van der Waals surface area contributed by atoms with E-state index in [0.717, 1.165) is 37.7 Å². The van der Waals surface area contributed by atoms with Gasteiger partial charge < -0.3 is 29.3 Å². The molecule has 1 N–H and O–H groups in total. The maximum absolute atomic E-state index is 14.5. The number of carbonyl (C=O) groups excluding carboxylic acids is 4. The predicted molar refractivity (Wildman–Crippen MR) is 172 cm³/mol. The van der Waals surface area contributed by atoms with Crippen LogP contribution in [0, 0.1) is 11.8 Å². The molecule has 0 aromatic heterocycles. The zero-order chi connectivity index (χ0) is 33.0. The number of ether oxygens (including phenoxy) is 2. The van der Waals surface area contributed by atoms with Gasteiger partial charge in [-0.15, -0.1) is 13.2 Å². The van der Waals surface area contributed by atoms with E-state index in [2.05, 4.69) is 13.2 Å². The standard InChI is InChI=1S/C36H49N3O7/c1-5-7-18-28(41)37(4)24(3)31(25-14-10-8-11-15-25)45-35(44)29-27-19-20-36(46-27)30(29)33(42)39(22-23-40)32(36)34(43)38(21-6-2)26-16-12-9-13-17-26/h5-6,8,10-11,14-15,24,26-27,29-32,40H,1-2,7,9,12-13,16-23H2,3-4H3/t24-,27+,29-,30-,31+,32+,36-/m0/s1. The Hall–Kier alpha value is -3.50. The number of allylic oxidation sites excluding steroid dienone is 1. The van der Waals surface area contributed by atoms with Crippen LogP contribution in [0.3, 0.4) is 0 Å². The highest BCUT2D eigenvalue weighted by molar-refractivity contribution is 5.98. The minimum atomic E-state index is -1.18. The van der Waals surface area contributed by atoms with E-state index in [1.807, 2.05) is 42.2 Å². The smallest absolute Gasteiger partial charge is 0.313 e. The van der Waals surface area contributed by atoms with E-state index in [1.54, 1.807) is 24.1 Å². The van der Waals surface area contributed by atoms with Crippen molar-refractivity contribution in [1.82, 2.24) is 14.7 Å². The summed E-state index contributed by atoms with van der Waals surface area (Å²) in [5.41, 5.74) is -0.456. The van der Waals surface area contributed by atoms with Gasteiger partial charge >= 0.3 is 5.97 Å². The fourth-order valence-electron chi connectivity index (χ4n) is 8.28. The molecule has 10 nitrogen and oxygen atoms in total. The van der Waals surface area contributed by atoms with Crippen molar-refractivity contribution in [2.24, 2.45) is 11.8 Å². The van der Waals surface area contributed by atoms with Gasteiger partial charge in [-0.05, 0) is 44.6 Å². The molecule has 250 valence electrons. The lowest BCUT2D eigenvalue weighted by molar-refractivity contribution is -0.164. The molecule has 0 radical (unpaired) electrons. The van der Waals surface area contributed by atoms with Crippen molar-refractivity contribution in [3.8, 4) is 0 Å². The van der Waals surface area contributed by atoms with Gasteiger partial charge in [0, 0.05) is 32.6 Å². The first-order valence-electron chi connectivity index (χ1n) is 16.8. The van der Waals surface area contributed by atoms with Crippen molar-refractivity contribution < 1.29 is 33.8 Å². The Morgan fingerprint density at radius 2 is 1.85 bits per heavy atom. The maximum Gasteiger partial charge on any atom is 0.313 e. The van der Waals surface area contributed by atoms with Crippen molar-refractivity contribution in [3.63, 3.8) is 0 Å². The van der Waals surface area contributed by atoms with Crippen LogP contribution in [0.5, 0.6) is 0 Å². The highest BCUT2D eigenvalue weighted by Gasteiger charge is 2.75. The van der Waals surface area contributed by atoms with E-state index in [4.69, 9.17) is 9.47 Å². The summed E-state index contributed by atoms with van der Waals surface area (Å²) in [5.74, 6) is -3.07. The number of benzene rings is 1. The molecule has 5 rings (SSSR count). The third kappa shape index (κ3) is 6.13. The molecule has 3 saturated heterocycles. The van der Waals surface area contributed by atoms with Gasteiger partial charge in [0.05, 0.1) is 30.6 Å². The van der Waals surface area contributed by atoms with Gasteiger partial charge in [0.15, 0.2) is 0 Å². The summed E-state index contributed by atoms with van der Waals surface area (Å²) in [7, 11) is 1.69. The first kappa shape index (κ1) is 33.9. The second-order valence-electron chi connectivity index (χ2n) is 13.2. The zero-order valence-electron chi connectivity index (χ0n) is 27.2. The average molecular weight is 636 g/mol. The molecule has 4 aliphatic rings. The number of hydrogen-bond acceptors (Lipinski definition) is 7. The van der Waals surface area contributed by atoms with E-state index in [9.17, 15) is 24.3 Å². The van der Waals surface area contributed by atoms with Crippen molar-refractivity contribution >= 4 is 23.7 Å². The molecule has 1 spiro atoms. The lowest BCUT2D eigenvalue weighted by atomic mass is 9.70. The van der Waals surface area contributed by atoms with Crippen LogP contribution in [0.25, 0.3) is 0 Å². The molecule has 0 unspecified atom stereocenters. The van der Waals surface area contributed by atoms with E-state index in [-0.39, 0.29) is 43.3 Å². The van der Waals surface area contributed by atoms with E-state index >= 15 is 0 Å². The number of rotatable bonds is 14. The first-order chi connectivity index (χ1) is 22.2. The Morgan fingerprint density at radius 1 is 1.13 bits per heavy atom. The van der Waals surface area contributed by atoms with Gasteiger partial charge in [0.2, 0.25) is 17.7 Å². The molecule has 10 heteroatoms. The average Bonchev–Trinajstić information content (AvgIpc) is 3.72. The van der Waals surface area contributed by atoms with Crippen LogP contribution < -0.4 is 0 Å². The SMILES string of the molecule is C=CCCC(=O)N(C)[C@@H](C)[C@@H](OC(=O)[C@@H]1[C@H]2C(=O)N(CCO)[C@H](C(=O)N(CC=C)C3CCCCC3)[C@]23CC[C@H]1O3)c1ccccc1. The van der Waals surface area contributed by atoms with Crippen LogP contribution >= 0.6 is 0 Å². The molecule has 2 bridgehead atoms. The quantitative estimate of drug-likeness (QED) is 0.244. The van der Waals surface area contributed by atoms with Crippen molar-refractivity contribution in [1.29, 1.82) is 0 Å². The van der Waals surface area contributed by atoms with Crippen LogP contribution in [0.15, 0.2) is 55.6 Å². The summed E-state index contributed by atoms with van der Waals surface area (Å²) in [6.45, 7) is 9.44. The molecule has 1 saturated carbocycles. The van der Waals surface area contributed by atoms with Gasteiger partial charge in [0.25, 0.3) is 0 Å². The second kappa shape index (κ2) is 14.5. The normalized spacial score (nSPS) is 28.3. The number of amides is 3. The number of aliphatic hydroxyl groups excluding tert-OH is 1. The molecular formula is C36H49N3O7. The van der Waals surface area contributed by atoms with Gasteiger partial charge in [0.1, 0.15) is 17.7 Å². The lowest BCUT2D eigenvalue weighted by Gasteiger charge is -2.40. The number of carbonyl (C=O) groups is 4. The third-order valence-electron chi connectivity index (χ3n) is 10.6. The Morgan fingerprint density at radius 3 is 2.50 bits per heavy atom. The number of likely N-dealkylation sites (tertiary alicyclic amines) is 1. The van der Waals surface area contributed by atoms with Crippen LogP contribution in [0.2, 0.25) is 0 Å². The highest BCUT2D eigenvalue weighted by Crippen LogP contribution is 2.59. The van der Waals surface area contributed by atoms with E-state index in [0.29, 0.717) is 25.8 Å². The third-order valence-corrected chi connectivity index (χ3v) is 10.6. The van der Waals surface area contributed by atoms with Gasteiger partial charge in [-0.2, -0.15) is 0 Å². The van der Waals surface area contributed by atoms with Gasteiger partial charge in [-0.1, -0.05) is 61.7 Å². The Bertz CT molecular complexity index is 1300. The maximum atomic E-state index is 14.5. The number of esters is 1. The van der Waals surface area contributed by atoms with Gasteiger partial charge in [-0.3, -0.25) is 19.2 Å². The minimum Gasteiger partial charge on any atom is -0.455 e. The summed E-state index contributed by atoms with van der Waals surface area (Å²) in [4.78, 5) is 60.8. The molecule has 4 fully saturated rings. The lowest BCUT2D eigenvalue weighted by Crippen LogP contribution is -2.58. The number of fused-ring (bicyclic) bond motifs is 1. The Labute approximate surface area is 272 Å². The van der Waals surface area contributed by atoms with E-state index in [1.165, 1.54) is 4.90 Å². The molecule has 3 heterocycles. The Kier molecular flexibility index (Phi) is 10.7. The fraction of sp³-hybridized carbons (Fsp3) is 0.611. The number of hydrogen-bond donors (Lipinski definition) is 1. The van der Waals surface area contributed by atoms with Gasteiger partial charge in [-0.25, -0.2) is 0 Å². The number of aliphatic hydroxyl groups is 1. The summed E-state index contributed by atoms with van der Waals surface area (Å²) < 4.78 is 12.9. The summed E-state index contributed by atoms with van der Waals surface area (Å²) in [5, 5.41) is 9.99. The molecule has 46 heavy (non-hydrogen) atoms. The summed E-state index contributed by atoms with van der Waals surface area (Å²) in [6.07, 6.45) is 8.81. The Balaban J connectivity index is 1.44. The molecule has 1 aromatic rings. The highest BCUT2D eigenvalue weighted by atomic mass is 16.6. The predicted octanol–water partition coefficient (Wildman–Crippen LogP) is 3.80. The molecular weight excluding hydrogens is 586 g/mol. The van der Waals surface area contributed by atoms with Crippen LogP contribution in [-0.4, -0.2) is 100 Å². The number of β-amino-alcohol motifs (C(OH)–C–C–N with tert-alkyl or cyclic N) is 1. The van der Waals surface area contributed by atoms with Crippen molar-refractivity contribution in [2.45, 2.75) is 101 Å². The molecule has 3 aliphatic heterocycles. The van der Waals surface area contributed by atoms with E-state index < -0.39 is 47.7 Å². The number of nitrogens with zero attached hydrogens (tertiary/aromatic N) is 3. The van der Waals surface area contributed by atoms with Crippen molar-refractivity contribution in [3.05, 3.63) is 61.2 Å². The fourth-order valence-corrected chi connectivity index (χ4v) is 8.28. The molecule has 7 atom stereocenters. The van der Waals surface area contributed by atoms with Crippen molar-refractivity contribution in [2.75, 3.05) is 26.7 Å². The first-order valence-corrected chi connectivity index (χ1v) is 16.8. The largest absolute Gasteiger partial charge is 0.455 e. The topological polar surface area (TPSA) is 117 Å². The second-order valence-corrected chi connectivity index (χ2v) is 13.2. The molecule has 3 amide bonds. The minimum absolute atomic E-state index is 0.0306. The van der Waals surface area contributed by atoms with Crippen LogP contribution in [-0.2, 0) is 28.7 Å².